The Balaban J connectivity index is 1.61. The second-order valence-corrected chi connectivity index (χ2v) is 5.40. The molecule has 1 aromatic carbocycles. The van der Waals surface area contributed by atoms with Gasteiger partial charge in [0.2, 0.25) is 5.91 Å². The van der Waals surface area contributed by atoms with Crippen LogP contribution in [0.1, 0.15) is 18.3 Å². The number of hydrogen-bond donors (Lipinski definition) is 0. The second-order valence-electron chi connectivity index (χ2n) is 5.40. The summed E-state index contributed by atoms with van der Waals surface area (Å²) in [7, 11) is 1.77. The summed E-state index contributed by atoms with van der Waals surface area (Å²) in [5, 5.41) is 4.25. The number of ether oxygens (including phenoxy) is 1. The summed E-state index contributed by atoms with van der Waals surface area (Å²) in [6.07, 6.45) is 3.55. The molecule has 0 atom stereocenters. The van der Waals surface area contributed by atoms with Crippen LogP contribution in [-0.4, -0.2) is 44.0 Å². The maximum absolute atomic E-state index is 12.4. The molecule has 0 radical (unpaired) electrons. The number of carbonyl (C=O) groups excluding carboxylic acids is 1. The van der Waals surface area contributed by atoms with Gasteiger partial charge in [0, 0.05) is 26.0 Å². The molecule has 2 aromatic heterocycles. The summed E-state index contributed by atoms with van der Waals surface area (Å²) in [6.45, 7) is 3.11. The van der Waals surface area contributed by atoms with Crippen LogP contribution in [0.4, 0.5) is 0 Å². The van der Waals surface area contributed by atoms with Crippen LogP contribution >= 0.6 is 0 Å². The van der Waals surface area contributed by atoms with E-state index in [1.54, 1.807) is 34.9 Å². The van der Waals surface area contributed by atoms with Crippen molar-refractivity contribution in [3.63, 3.8) is 0 Å². The van der Waals surface area contributed by atoms with Crippen LogP contribution in [0.2, 0.25) is 0 Å². The highest BCUT2D eigenvalue weighted by atomic mass is 16.5. The van der Waals surface area contributed by atoms with Gasteiger partial charge in [-0.15, -0.1) is 5.10 Å². The third kappa shape index (κ3) is 3.68. The van der Waals surface area contributed by atoms with Gasteiger partial charge in [-0.1, -0.05) is 12.1 Å². The highest BCUT2D eigenvalue weighted by molar-refractivity contribution is 5.77. The van der Waals surface area contributed by atoms with Crippen molar-refractivity contribution >= 4 is 11.7 Å². The zero-order valence-corrected chi connectivity index (χ0v) is 13.7. The standard InChI is InChI=1S/C17H19N5O2/c1-3-24-14-7-5-13(6-8-14)12-21(2)16(23)11-15-19-17-18-9-4-10-22(17)20-15/h4-10H,3,11-12H2,1-2H3. The molecule has 0 aliphatic rings. The van der Waals surface area contributed by atoms with E-state index in [1.807, 2.05) is 31.2 Å². The van der Waals surface area contributed by atoms with Gasteiger partial charge >= 0.3 is 0 Å². The van der Waals surface area contributed by atoms with Crippen molar-refractivity contribution < 1.29 is 9.53 Å². The first-order chi connectivity index (χ1) is 11.7. The number of hydrogen-bond acceptors (Lipinski definition) is 5. The molecular weight excluding hydrogens is 306 g/mol. The van der Waals surface area contributed by atoms with E-state index >= 15 is 0 Å². The van der Waals surface area contributed by atoms with E-state index in [0.29, 0.717) is 24.8 Å². The lowest BCUT2D eigenvalue weighted by Crippen LogP contribution is -2.28. The van der Waals surface area contributed by atoms with Crippen LogP contribution in [0.15, 0.2) is 42.7 Å². The summed E-state index contributed by atoms with van der Waals surface area (Å²) in [5.41, 5.74) is 1.04. The Morgan fingerprint density at radius 2 is 2.08 bits per heavy atom. The van der Waals surface area contributed by atoms with Crippen molar-refractivity contribution in [3.05, 3.63) is 54.1 Å². The SMILES string of the molecule is CCOc1ccc(CN(C)C(=O)Cc2nc3ncccn3n2)cc1. The van der Waals surface area contributed by atoms with Gasteiger partial charge < -0.3 is 9.64 Å². The van der Waals surface area contributed by atoms with Gasteiger partial charge in [0.05, 0.1) is 13.0 Å². The minimum Gasteiger partial charge on any atom is -0.494 e. The third-order valence-electron chi connectivity index (χ3n) is 3.55. The number of carbonyl (C=O) groups is 1. The summed E-state index contributed by atoms with van der Waals surface area (Å²) < 4.78 is 6.98. The summed E-state index contributed by atoms with van der Waals surface area (Å²) in [4.78, 5) is 22.4. The van der Waals surface area contributed by atoms with E-state index in [4.69, 9.17) is 4.74 Å². The van der Waals surface area contributed by atoms with Gasteiger partial charge in [0.25, 0.3) is 5.78 Å². The van der Waals surface area contributed by atoms with E-state index in [1.165, 1.54) is 0 Å². The number of benzene rings is 1. The van der Waals surface area contributed by atoms with E-state index in [2.05, 4.69) is 15.1 Å². The van der Waals surface area contributed by atoms with E-state index in [0.717, 1.165) is 11.3 Å². The van der Waals surface area contributed by atoms with Crippen molar-refractivity contribution in [2.75, 3.05) is 13.7 Å². The Labute approximate surface area is 139 Å². The molecule has 24 heavy (non-hydrogen) atoms. The Morgan fingerprint density at radius 1 is 1.29 bits per heavy atom. The molecule has 0 unspecified atom stereocenters. The Bertz CT molecular complexity index is 795. The molecule has 0 N–H and O–H groups in total. The quantitative estimate of drug-likeness (QED) is 0.690. The van der Waals surface area contributed by atoms with Crippen molar-refractivity contribution in [1.29, 1.82) is 0 Å². The highest BCUT2D eigenvalue weighted by Gasteiger charge is 2.14. The predicted molar refractivity (Wildman–Crippen MR) is 88.6 cm³/mol. The van der Waals surface area contributed by atoms with Crippen LogP contribution in [-0.2, 0) is 17.8 Å². The van der Waals surface area contributed by atoms with Gasteiger partial charge in [-0.3, -0.25) is 4.79 Å². The molecule has 0 aliphatic carbocycles. The number of likely N-dealkylation sites (N-methyl/N-ethyl adjacent to an activating group) is 1. The monoisotopic (exact) mass is 325 g/mol. The minimum atomic E-state index is -0.0419. The normalized spacial score (nSPS) is 10.8. The lowest BCUT2D eigenvalue weighted by Gasteiger charge is -2.16. The van der Waals surface area contributed by atoms with Crippen LogP contribution in [0.25, 0.3) is 5.78 Å². The van der Waals surface area contributed by atoms with E-state index in [9.17, 15) is 4.79 Å². The molecular formula is C17H19N5O2. The maximum atomic E-state index is 12.4. The Hall–Kier alpha value is -2.96. The average Bonchev–Trinajstić information content (AvgIpc) is 2.99. The number of nitrogens with zero attached hydrogens (tertiary/aromatic N) is 5. The van der Waals surface area contributed by atoms with Crippen LogP contribution in [0.5, 0.6) is 5.75 Å². The first-order valence-corrected chi connectivity index (χ1v) is 7.77. The first kappa shape index (κ1) is 15.9. The topological polar surface area (TPSA) is 72.6 Å². The molecule has 124 valence electrons. The third-order valence-corrected chi connectivity index (χ3v) is 3.55. The van der Waals surface area contributed by atoms with Crippen LogP contribution in [0, 0.1) is 0 Å². The van der Waals surface area contributed by atoms with Gasteiger partial charge in [0.15, 0.2) is 5.82 Å². The zero-order valence-electron chi connectivity index (χ0n) is 13.7. The minimum absolute atomic E-state index is 0.0419. The van der Waals surface area contributed by atoms with Gasteiger partial charge in [0.1, 0.15) is 5.75 Å². The number of fused-ring (bicyclic) bond motifs is 1. The van der Waals surface area contributed by atoms with Crippen molar-refractivity contribution in [2.24, 2.45) is 0 Å². The summed E-state index contributed by atoms with van der Waals surface area (Å²) in [6, 6.07) is 9.51. The van der Waals surface area contributed by atoms with Crippen LogP contribution < -0.4 is 4.74 Å². The Morgan fingerprint density at radius 3 is 2.79 bits per heavy atom. The van der Waals surface area contributed by atoms with Crippen molar-refractivity contribution in [1.82, 2.24) is 24.5 Å². The molecule has 7 nitrogen and oxygen atoms in total. The first-order valence-electron chi connectivity index (χ1n) is 7.77. The van der Waals surface area contributed by atoms with E-state index < -0.39 is 0 Å². The molecule has 0 bridgehead atoms. The number of aromatic nitrogens is 4. The molecule has 3 rings (SSSR count). The fourth-order valence-corrected chi connectivity index (χ4v) is 2.34. The second kappa shape index (κ2) is 7.08. The molecule has 0 saturated carbocycles. The fraction of sp³-hybridized carbons (Fsp3) is 0.294. The van der Waals surface area contributed by atoms with Crippen molar-refractivity contribution in [3.8, 4) is 5.75 Å². The predicted octanol–water partition coefficient (Wildman–Crippen LogP) is 1.72. The molecule has 0 aliphatic heterocycles. The smallest absolute Gasteiger partial charge is 0.252 e. The molecule has 1 amide bonds. The van der Waals surface area contributed by atoms with Crippen LogP contribution in [0.3, 0.4) is 0 Å². The largest absolute Gasteiger partial charge is 0.494 e. The van der Waals surface area contributed by atoms with Crippen molar-refractivity contribution in [2.45, 2.75) is 19.9 Å². The number of rotatable bonds is 6. The van der Waals surface area contributed by atoms with Gasteiger partial charge in [-0.2, -0.15) is 4.98 Å². The van der Waals surface area contributed by atoms with E-state index in [-0.39, 0.29) is 12.3 Å². The summed E-state index contributed by atoms with van der Waals surface area (Å²) >= 11 is 0. The summed E-state index contributed by atoms with van der Waals surface area (Å²) in [5.74, 6) is 1.75. The molecule has 3 aromatic rings. The maximum Gasteiger partial charge on any atom is 0.252 e. The zero-order chi connectivity index (χ0) is 16.9. The molecule has 0 saturated heterocycles. The van der Waals surface area contributed by atoms with Gasteiger partial charge in [-0.05, 0) is 30.7 Å². The molecule has 2 heterocycles. The lowest BCUT2D eigenvalue weighted by molar-refractivity contribution is -0.129. The number of amides is 1. The lowest BCUT2D eigenvalue weighted by atomic mass is 10.2. The average molecular weight is 325 g/mol. The van der Waals surface area contributed by atoms with Gasteiger partial charge in [-0.25, -0.2) is 9.50 Å². The Kier molecular flexibility index (Phi) is 4.69. The molecule has 0 fully saturated rings. The molecule has 0 spiro atoms. The highest BCUT2D eigenvalue weighted by Crippen LogP contribution is 2.13. The molecule has 7 heteroatoms. The fourth-order valence-electron chi connectivity index (χ4n) is 2.34.